The van der Waals surface area contributed by atoms with E-state index in [0.29, 0.717) is 4.88 Å². The average molecular weight is 513 g/mol. The molecule has 4 rings (SSSR count). The number of carboxylic acids is 1. The first kappa shape index (κ1) is 25.4. The minimum atomic E-state index is -1.69. The van der Waals surface area contributed by atoms with Gasteiger partial charge in [-0.15, -0.1) is 11.3 Å². The molecule has 1 N–H and O–H groups in total. The summed E-state index contributed by atoms with van der Waals surface area (Å²) in [6.45, 7) is 5.00. The SMILES string of the molecule is CC(C)(C)OC(=O)[C@]1(Cn2cccn2)C[C@@H](C(=O)O)[C@H](c2cncs2)N1C(=O)OCc1ccccc1. The smallest absolute Gasteiger partial charge is 0.411 e. The van der Waals surface area contributed by atoms with Gasteiger partial charge in [-0.25, -0.2) is 9.59 Å². The second kappa shape index (κ2) is 10.1. The van der Waals surface area contributed by atoms with Crippen molar-refractivity contribution in [3.63, 3.8) is 0 Å². The molecule has 0 radical (unpaired) electrons. The monoisotopic (exact) mass is 512 g/mol. The quantitative estimate of drug-likeness (QED) is 0.473. The lowest BCUT2D eigenvalue weighted by atomic mass is 9.90. The Bertz CT molecular complexity index is 1190. The summed E-state index contributed by atoms with van der Waals surface area (Å²) < 4.78 is 12.9. The van der Waals surface area contributed by atoms with Gasteiger partial charge in [-0.3, -0.25) is 19.4 Å². The van der Waals surface area contributed by atoms with Gasteiger partial charge in [0, 0.05) is 23.5 Å². The number of rotatable bonds is 7. The molecule has 0 unspecified atom stereocenters. The number of amides is 1. The van der Waals surface area contributed by atoms with Crippen LogP contribution in [0.2, 0.25) is 0 Å². The van der Waals surface area contributed by atoms with E-state index in [4.69, 9.17) is 9.47 Å². The zero-order valence-corrected chi connectivity index (χ0v) is 21.1. The molecule has 10 nitrogen and oxygen atoms in total. The minimum absolute atomic E-state index is 0.0461. The van der Waals surface area contributed by atoms with E-state index in [9.17, 15) is 19.5 Å². The summed E-state index contributed by atoms with van der Waals surface area (Å²) in [6, 6.07) is 9.81. The summed E-state index contributed by atoms with van der Waals surface area (Å²) >= 11 is 1.21. The van der Waals surface area contributed by atoms with Crippen molar-refractivity contribution in [3.05, 3.63) is 70.9 Å². The molecule has 1 aromatic carbocycles. The lowest BCUT2D eigenvalue weighted by Gasteiger charge is -2.39. The van der Waals surface area contributed by atoms with Gasteiger partial charge in [-0.05, 0) is 38.8 Å². The van der Waals surface area contributed by atoms with Crippen molar-refractivity contribution in [2.45, 2.75) is 57.5 Å². The van der Waals surface area contributed by atoms with Gasteiger partial charge >= 0.3 is 18.0 Å². The number of nitrogens with zero attached hydrogens (tertiary/aromatic N) is 4. The summed E-state index contributed by atoms with van der Waals surface area (Å²) in [6.07, 6.45) is 3.71. The zero-order valence-electron chi connectivity index (χ0n) is 20.2. The number of hydrogen-bond acceptors (Lipinski definition) is 8. The molecule has 0 spiro atoms. The Morgan fingerprint density at radius 3 is 2.53 bits per heavy atom. The second-order valence-corrected chi connectivity index (χ2v) is 10.6. The van der Waals surface area contributed by atoms with Crippen LogP contribution < -0.4 is 0 Å². The van der Waals surface area contributed by atoms with Crippen molar-refractivity contribution in [2.75, 3.05) is 0 Å². The summed E-state index contributed by atoms with van der Waals surface area (Å²) in [7, 11) is 0. The molecule has 1 aliphatic rings. The van der Waals surface area contributed by atoms with E-state index in [2.05, 4.69) is 10.1 Å². The highest BCUT2D eigenvalue weighted by molar-refractivity contribution is 7.09. The van der Waals surface area contributed by atoms with Crippen molar-refractivity contribution in [3.8, 4) is 0 Å². The highest BCUT2D eigenvalue weighted by Crippen LogP contribution is 2.50. The molecule has 11 heteroatoms. The molecule has 0 bridgehead atoms. The van der Waals surface area contributed by atoms with E-state index in [1.165, 1.54) is 27.1 Å². The van der Waals surface area contributed by atoms with Gasteiger partial charge in [0.05, 0.1) is 24.0 Å². The minimum Gasteiger partial charge on any atom is -0.481 e. The summed E-state index contributed by atoms with van der Waals surface area (Å²) in [5, 5.41) is 14.4. The number of carbonyl (C=O) groups excluding carboxylic acids is 2. The number of aliphatic carboxylic acids is 1. The van der Waals surface area contributed by atoms with Gasteiger partial charge in [-0.2, -0.15) is 5.10 Å². The Balaban J connectivity index is 1.82. The first-order chi connectivity index (χ1) is 17.1. The second-order valence-electron chi connectivity index (χ2n) is 9.64. The number of aromatic nitrogens is 3. The van der Waals surface area contributed by atoms with Crippen LogP contribution in [-0.4, -0.2) is 53.9 Å². The molecular formula is C25H28N4O6S. The third kappa shape index (κ3) is 5.25. The van der Waals surface area contributed by atoms with Gasteiger partial charge in [-0.1, -0.05) is 30.3 Å². The van der Waals surface area contributed by atoms with E-state index in [-0.39, 0.29) is 19.6 Å². The van der Waals surface area contributed by atoms with Gasteiger partial charge in [0.25, 0.3) is 0 Å². The maximum atomic E-state index is 13.9. The number of hydrogen-bond donors (Lipinski definition) is 1. The van der Waals surface area contributed by atoms with Crippen LogP contribution in [0.4, 0.5) is 4.79 Å². The van der Waals surface area contributed by atoms with Gasteiger partial charge < -0.3 is 14.6 Å². The van der Waals surface area contributed by atoms with Crippen LogP contribution in [0.3, 0.4) is 0 Å². The molecule has 1 fully saturated rings. The molecule has 1 saturated heterocycles. The molecule has 0 saturated carbocycles. The Labute approximate surface area is 212 Å². The molecule has 3 atom stereocenters. The van der Waals surface area contributed by atoms with Crippen LogP contribution >= 0.6 is 11.3 Å². The van der Waals surface area contributed by atoms with Crippen LogP contribution in [0.5, 0.6) is 0 Å². The highest BCUT2D eigenvalue weighted by atomic mass is 32.1. The van der Waals surface area contributed by atoms with E-state index >= 15 is 0 Å². The first-order valence-electron chi connectivity index (χ1n) is 11.4. The fourth-order valence-corrected chi connectivity index (χ4v) is 5.21. The number of carboxylic acid groups (broad SMARTS) is 1. The molecule has 3 aromatic rings. The lowest BCUT2D eigenvalue weighted by Crippen LogP contribution is -2.58. The van der Waals surface area contributed by atoms with Crippen LogP contribution in [0.15, 0.2) is 60.5 Å². The van der Waals surface area contributed by atoms with E-state index in [1.807, 2.05) is 30.3 Å². The summed E-state index contributed by atoms with van der Waals surface area (Å²) in [5.74, 6) is -2.96. The van der Waals surface area contributed by atoms with Crippen LogP contribution in [0.1, 0.15) is 43.7 Å². The number of benzene rings is 1. The van der Waals surface area contributed by atoms with Gasteiger partial charge in [0.1, 0.15) is 12.2 Å². The highest BCUT2D eigenvalue weighted by Gasteiger charge is 2.63. The van der Waals surface area contributed by atoms with Crippen molar-refractivity contribution in [1.82, 2.24) is 19.7 Å². The standard InChI is InChI=1S/C25H28N4O6S/c1-24(2,3)35-22(32)25(15-28-11-7-10-27-28)12-18(21(30)31)20(19-13-26-16-36-19)29(25)23(33)34-14-17-8-5-4-6-9-17/h4-11,13,16,18,20H,12,14-15H2,1-3H3,(H,30,31)/t18-,20-,25-/m1/s1. The van der Waals surface area contributed by atoms with Crippen LogP contribution in [-0.2, 0) is 32.2 Å². The maximum Gasteiger partial charge on any atom is 0.411 e. The third-order valence-electron chi connectivity index (χ3n) is 5.90. The van der Waals surface area contributed by atoms with Crippen LogP contribution in [0.25, 0.3) is 0 Å². The van der Waals surface area contributed by atoms with E-state index < -0.39 is 41.1 Å². The fraction of sp³-hybridized carbons (Fsp3) is 0.400. The van der Waals surface area contributed by atoms with E-state index in [1.54, 1.807) is 44.7 Å². The molecular weight excluding hydrogens is 484 g/mol. The topological polar surface area (TPSA) is 124 Å². The Morgan fingerprint density at radius 2 is 1.94 bits per heavy atom. The van der Waals surface area contributed by atoms with E-state index in [0.717, 1.165) is 5.56 Å². The molecule has 0 aliphatic carbocycles. The van der Waals surface area contributed by atoms with Gasteiger partial charge in [0.2, 0.25) is 0 Å². The number of thiazole rings is 1. The average Bonchev–Trinajstić information content (AvgIpc) is 3.58. The molecule has 1 aliphatic heterocycles. The lowest BCUT2D eigenvalue weighted by molar-refractivity contribution is -0.169. The predicted molar refractivity (Wildman–Crippen MR) is 130 cm³/mol. The Kier molecular flexibility index (Phi) is 7.11. The molecule has 36 heavy (non-hydrogen) atoms. The normalized spacial score (nSPS) is 21.8. The molecule has 3 heterocycles. The number of likely N-dealkylation sites (tertiary alicyclic amines) is 1. The maximum absolute atomic E-state index is 13.9. The predicted octanol–water partition coefficient (Wildman–Crippen LogP) is 3.90. The van der Waals surface area contributed by atoms with Crippen molar-refractivity contribution in [2.24, 2.45) is 5.92 Å². The summed E-state index contributed by atoms with van der Waals surface area (Å²) in [4.78, 5) is 46.0. The molecule has 1 amide bonds. The third-order valence-corrected chi connectivity index (χ3v) is 6.75. The van der Waals surface area contributed by atoms with Crippen molar-refractivity contribution < 1.29 is 29.0 Å². The van der Waals surface area contributed by atoms with Crippen molar-refractivity contribution in [1.29, 1.82) is 0 Å². The van der Waals surface area contributed by atoms with Gasteiger partial charge in [0.15, 0.2) is 5.54 Å². The van der Waals surface area contributed by atoms with Crippen molar-refractivity contribution >= 4 is 29.4 Å². The Hall–Kier alpha value is -3.73. The zero-order chi connectivity index (χ0) is 25.9. The Morgan fingerprint density at radius 1 is 1.19 bits per heavy atom. The molecule has 190 valence electrons. The number of ether oxygens (including phenoxy) is 2. The number of carbonyl (C=O) groups is 3. The van der Waals surface area contributed by atoms with Crippen LogP contribution in [0, 0.1) is 5.92 Å². The fourth-order valence-electron chi connectivity index (χ4n) is 4.44. The largest absolute Gasteiger partial charge is 0.481 e. The molecule has 2 aromatic heterocycles. The number of esters is 1. The first-order valence-corrected chi connectivity index (χ1v) is 12.3. The summed E-state index contributed by atoms with van der Waals surface area (Å²) in [5.41, 5.74) is -0.258.